The third kappa shape index (κ3) is 4.44. The maximum absolute atomic E-state index is 10.7. The van der Waals surface area contributed by atoms with Crippen LogP contribution < -0.4 is 20.1 Å². The first-order valence-electron chi connectivity index (χ1n) is 9.17. The number of hydrogen-bond acceptors (Lipinski definition) is 6. The standard InChI is InChI=1S/C19H30N2O4/c1-23-13-6-7-19(24-2)15(10-13)18(22)11-21-16-5-3-4-14(16)17-12-25-9-8-20-17/h6-7,10,14,16-18,20-22H,3-5,8-9,11-12H2,1-2H3. The van der Waals surface area contributed by atoms with E-state index < -0.39 is 6.10 Å². The predicted molar refractivity (Wildman–Crippen MR) is 96.2 cm³/mol. The van der Waals surface area contributed by atoms with E-state index in [1.165, 1.54) is 12.8 Å². The van der Waals surface area contributed by atoms with Gasteiger partial charge in [-0.3, -0.25) is 0 Å². The summed E-state index contributed by atoms with van der Waals surface area (Å²) in [6.45, 7) is 3.01. The molecule has 6 heteroatoms. The summed E-state index contributed by atoms with van der Waals surface area (Å²) in [5, 5.41) is 17.8. The number of hydrogen-bond donors (Lipinski definition) is 3. The van der Waals surface area contributed by atoms with Gasteiger partial charge in [0.1, 0.15) is 11.5 Å². The van der Waals surface area contributed by atoms with Gasteiger partial charge >= 0.3 is 0 Å². The minimum absolute atomic E-state index is 0.408. The Labute approximate surface area is 149 Å². The van der Waals surface area contributed by atoms with Gasteiger partial charge in [0.15, 0.2) is 0 Å². The lowest BCUT2D eigenvalue weighted by atomic mass is 9.93. The molecule has 1 saturated carbocycles. The molecule has 140 valence electrons. The second-order valence-electron chi connectivity index (χ2n) is 6.87. The monoisotopic (exact) mass is 350 g/mol. The molecule has 0 amide bonds. The van der Waals surface area contributed by atoms with Crippen LogP contribution in [0.3, 0.4) is 0 Å². The van der Waals surface area contributed by atoms with Crippen molar-refractivity contribution in [2.24, 2.45) is 5.92 Å². The van der Waals surface area contributed by atoms with Gasteiger partial charge in [-0.25, -0.2) is 0 Å². The number of aliphatic hydroxyl groups excluding tert-OH is 1. The van der Waals surface area contributed by atoms with Gasteiger partial charge in [0.25, 0.3) is 0 Å². The molecular weight excluding hydrogens is 320 g/mol. The number of ether oxygens (including phenoxy) is 3. The van der Waals surface area contributed by atoms with Crippen LogP contribution in [0, 0.1) is 5.92 Å². The lowest BCUT2D eigenvalue weighted by molar-refractivity contribution is 0.0512. The highest BCUT2D eigenvalue weighted by molar-refractivity contribution is 5.41. The van der Waals surface area contributed by atoms with Crippen molar-refractivity contribution in [2.45, 2.75) is 37.5 Å². The summed E-state index contributed by atoms with van der Waals surface area (Å²) in [5.41, 5.74) is 0.753. The molecule has 1 saturated heterocycles. The van der Waals surface area contributed by atoms with Crippen molar-refractivity contribution in [3.63, 3.8) is 0 Å². The molecule has 0 radical (unpaired) electrons. The summed E-state index contributed by atoms with van der Waals surface area (Å²) < 4.78 is 16.3. The Morgan fingerprint density at radius 1 is 1.32 bits per heavy atom. The van der Waals surface area contributed by atoms with Crippen LogP contribution in [0.5, 0.6) is 11.5 Å². The first-order valence-corrected chi connectivity index (χ1v) is 9.17. The van der Waals surface area contributed by atoms with Crippen molar-refractivity contribution in [1.29, 1.82) is 0 Å². The summed E-state index contributed by atoms with van der Waals surface area (Å²) in [4.78, 5) is 0. The quantitative estimate of drug-likeness (QED) is 0.692. The molecule has 2 aliphatic rings. The van der Waals surface area contributed by atoms with E-state index in [1.54, 1.807) is 14.2 Å². The SMILES string of the molecule is COc1ccc(OC)c(C(O)CNC2CCCC2C2COCCN2)c1. The number of aliphatic hydroxyl groups is 1. The van der Waals surface area contributed by atoms with Gasteiger partial charge in [0.2, 0.25) is 0 Å². The fraction of sp³-hybridized carbons (Fsp3) is 0.684. The molecule has 25 heavy (non-hydrogen) atoms. The van der Waals surface area contributed by atoms with E-state index >= 15 is 0 Å². The normalized spacial score (nSPS) is 27.9. The molecule has 1 aromatic rings. The van der Waals surface area contributed by atoms with Crippen molar-refractivity contribution < 1.29 is 19.3 Å². The molecule has 1 aliphatic carbocycles. The Hall–Kier alpha value is -1.34. The summed E-state index contributed by atoms with van der Waals surface area (Å²) in [6.07, 6.45) is 2.93. The average molecular weight is 350 g/mol. The van der Waals surface area contributed by atoms with Crippen LogP contribution in [-0.2, 0) is 4.74 Å². The van der Waals surface area contributed by atoms with E-state index in [4.69, 9.17) is 14.2 Å². The van der Waals surface area contributed by atoms with Crippen LogP contribution in [0.4, 0.5) is 0 Å². The van der Waals surface area contributed by atoms with Crippen LogP contribution in [0.1, 0.15) is 30.9 Å². The fourth-order valence-electron chi connectivity index (χ4n) is 4.06. The zero-order valence-corrected chi connectivity index (χ0v) is 15.2. The van der Waals surface area contributed by atoms with E-state index in [1.807, 2.05) is 18.2 Å². The average Bonchev–Trinajstić information content (AvgIpc) is 3.14. The summed E-state index contributed by atoms with van der Waals surface area (Å²) in [7, 11) is 3.24. The lowest BCUT2D eigenvalue weighted by Gasteiger charge is -2.33. The second-order valence-corrected chi connectivity index (χ2v) is 6.87. The summed E-state index contributed by atoms with van der Waals surface area (Å²) in [5.74, 6) is 1.96. The zero-order valence-electron chi connectivity index (χ0n) is 15.2. The van der Waals surface area contributed by atoms with Gasteiger partial charge in [-0.05, 0) is 37.0 Å². The molecule has 1 aliphatic heterocycles. The first-order chi connectivity index (χ1) is 12.2. The third-order valence-electron chi connectivity index (χ3n) is 5.41. The molecule has 3 rings (SSSR count). The number of benzene rings is 1. The molecule has 1 heterocycles. The fourth-order valence-corrected chi connectivity index (χ4v) is 4.06. The number of rotatable bonds is 7. The van der Waals surface area contributed by atoms with Gasteiger partial charge < -0.3 is 30.0 Å². The summed E-state index contributed by atoms with van der Waals surface area (Å²) in [6, 6.07) is 6.33. The van der Waals surface area contributed by atoms with Crippen molar-refractivity contribution >= 4 is 0 Å². The Kier molecular flexibility index (Phi) is 6.53. The third-order valence-corrected chi connectivity index (χ3v) is 5.41. The molecule has 4 unspecified atom stereocenters. The number of methoxy groups -OCH3 is 2. The van der Waals surface area contributed by atoms with Crippen LogP contribution in [0.25, 0.3) is 0 Å². The molecule has 0 aromatic heterocycles. The molecule has 6 nitrogen and oxygen atoms in total. The molecule has 0 bridgehead atoms. The molecule has 3 N–H and O–H groups in total. The lowest BCUT2D eigenvalue weighted by Crippen LogP contribution is -2.51. The van der Waals surface area contributed by atoms with E-state index in [0.29, 0.717) is 30.3 Å². The highest BCUT2D eigenvalue weighted by Crippen LogP contribution is 2.32. The van der Waals surface area contributed by atoms with Crippen LogP contribution in [0.15, 0.2) is 18.2 Å². The topological polar surface area (TPSA) is 72.0 Å². The van der Waals surface area contributed by atoms with E-state index in [9.17, 15) is 5.11 Å². The van der Waals surface area contributed by atoms with Gasteiger partial charge in [-0.2, -0.15) is 0 Å². The Morgan fingerprint density at radius 2 is 2.20 bits per heavy atom. The van der Waals surface area contributed by atoms with Crippen molar-refractivity contribution in [1.82, 2.24) is 10.6 Å². The van der Waals surface area contributed by atoms with Crippen LogP contribution in [-0.4, -0.2) is 57.7 Å². The van der Waals surface area contributed by atoms with Gasteiger partial charge in [0.05, 0.1) is 33.5 Å². The second kappa shape index (κ2) is 8.85. The van der Waals surface area contributed by atoms with Crippen molar-refractivity contribution in [3.05, 3.63) is 23.8 Å². The van der Waals surface area contributed by atoms with Gasteiger partial charge in [-0.1, -0.05) is 6.42 Å². The Bertz CT molecular complexity index is 548. The minimum Gasteiger partial charge on any atom is -0.497 e. The highest BCUT2D eigenvalue weighted by Gasteiger charge is 2.34. The van der Waals surface area contributed by atoms with Gasteiger partial charge in [-0.15, -0.1) is 0 Å². The molecule has 2 fully saturated rings. The highest BCUT2D eigenvalue weighted by atomic mass is 16.5. The number of nitrogens with one attached hydrogen (secondary N) is 2. The minimum atomic E-state index is -0.637. The molecule has 1 aromatic carbocycles. The zero-order chi connectivity index (χ0) is 17.6. The van der Waals surface area contributed by atoms with E-state index in [2.05, 4.69) is 10.6 Å². The number of morpholine rings is 1. The molecule has 4 atom stereocenters. The van der Waals surface area contributed by atoms with Crippen LogP contribution in [0.2, 0.25) is 0 Å². The molecule has 0 spiro atoms. The largest absolute Gasteiger partial charge is 0.497 e. The van der Waals surface area contributed by atoms with Crippen molar-refractivity contribution in [3.8, 4) is 11.5 Å². The first kappa shape index (κ1) is 18.5. The van der Waals surface area contributed by atoms with Gasteiger partial charge in [0, 0.05) is 30.7 Å². The smallest absolute Gasteiger partial charge is 0.124 e. The Morgan fingerprint density at radius 3 is 2.92 bits per heavy atom. The van der Waals surface area contributed by atoms with Crippen LogP contribution >= 0.6 is 0 Å². The molecular formula is C19H30N2O4. The predicted octanol–water partition coefficient (Wildman–Crippen LogP) is 1.48. The maximum atomic E-state index is 10.7. The van der Waals surface area contributed by atoms with Crippen molar-refractivity contribution in [2.75, 3.05) is 40.5 Å². The van der Waals surface area contributed by atoms with E-state index in [-0.39, 0.29) is 0 Å². The Balaban J connectivity index is 1.60. The summed E-state index contributed by atoms with van der Waals surface area (Å²) >= 11 is 0. The van der Waals surface area contributed by atoms with E-state index in [0.717, 1.165) is 37.5 Å². The maximum Gasteiger partial charge on any atom is 0.124 e.